The van der Waals surface area contributed by atoms with Gasteiger partial charge >= 0.3 is 0 Å². The van der Waals surface area contributed by atoms with Crippen LogP contribution in [-0.4, -0.2) is 35.4 Å². The minimum absolute atomic E-state index is 0.0845. The fraction of sp³-hybridized carbons (Fsp3) is 0.500. The molecule has 0 aromatic carbocycles. The number of rotatable bonds is 2. The zero-order valence-corrected chi connectivity index (χ0v) is 8.03. The molecule has 2 aliphatic heterocycles. The van der Waals surface area contributed by atoms with Crippen LogP contribution in [0.15, 0.2) is 22.2 Å². The molecule has 0 fully saturated rings. The quantitative estimate of drug-likeness (QED) is 0.670. The number of hydrogen-bond donors (Lipinski definition) is 0. The number of ether oxygens (including phenoxy) is 1. The molecule has 2 aliphatic rings. The summed E-state index contributed by atoms with van der Waals surface area (Å²) < 4.78 is 5.43. The van der Waals surface area contributed by atoms with Crippen LogP contribution in [0, 0.1) is 0 Å². The third-order valence-corrected chi connectivity index (χ3v) is 2.05. The second kappa shape index (κ2) is 3.47. The minimum atomic E-state index is -0.0845. The van der Waals surface area contributed by atoms with Crippen LogP contribution in [0.25, 0.3) is 0 Å². The van der Waals surface area contributed by atoms with Crippen LogP contribution >= 0.6 is 11.6 Å². The lowest BCUT2D eigenvalue weighted by molar-refractivity contribution is -0.00197. The van der Waals surface area contributed by atoms with Gasteiger partial charge in [-0.2, -0.15) is 5.10 Å². The summed E-state index contributed by atoms with van der Waals surface area (Å²) >= 11 is 5.76. The van der Waals surface area contributed by atoms with Crippen molar-refractivity contribution >= 4 is 22.6 Å². The first kappa shape index (κ1) is 8.72. The zero-order valence-electron chi connectivity index (χ0n) is 7.27. The third-order valence-electron chi connectivity index (χ3n) is 1.85. The number of hydrazone groups is 1. The van der Waals surface area contributed by atoms with Crippen molar-refractivity contribution in [2.75, 3.05) is 13.2 Å². The van der Waals surface area contributed by atoms with E-state index in [0.29, 0.717) is 18.3 Å². The number of fused-ring (bicyclic) bond motifs is 1. The average molecular weight is 200 g/mol. The predicted molar refractivity (Wildman–Crippen MR) is 52.0 cm³/mol. The Morgan fingerprint density at radius 1 is 1.69 bits per heavy atom. The number of amidine groups is 1. The molecule has 70 valence electrons. The standard InChI is InChI=1S/C8H10ClN3O/c1-2-13-8-5-10-7-4-3-6(9)11-12(7)8/h3-4,8H,2,5H2,1H3. The van der Waals surface area contributed by atoms with Crippen LogP contribution < -0.4 is 0 Å². The van der Waals surface area contributed by atoms with Gasteiger partial charge in [-0.15, -0.1) is 0 Å². The van der Waals surface area contributed by atoms with Crippen LogP contribution in [0.4, 0.5) is 0 Å². The fourth-order valence-electron chi connectivity index (χ4n) is 1.31. The molecule has 0 N–H and O–H groups in total. The molecule has 0 radical (unpaired) electrons. The molecule has 0 amide bonds. The highest BCUT2D eigenvalue weighted by Crippen LogP contribution is 2.17. The lowest BCUT2D eigenvalue weighted by Gasteiger charge is -2.22. The van der Waals surface area contributed by atoms with Gasteiger partial charge in [0.2, 0.25) is 0 Å². The Kier molecular flexibility index (Phi) is 2.33. The summed E-state index contributed by atoms with van der Waals surface area (Å²) in [6.07, 6.45) is 3.48. The smallest absolute Gasteiger partial charge is 0.171 e. The van der Waals surface area contributed by atoms with Crippen molar-refractivity contribution in [3.63, 3.8) is 0 Å². The van der Waals surface area contributed by atoms with Gasteiger partial charge in [0, 0.05) is 6.61 Å². The van der Waals surface area contributed by atoms with E-state index in [2.05, 4.69) is 10.1 Å². The molecule has 2 rings (SSSR count). The van der Waals surface area contributed by atoms with Crippen LogP contribution in [0.1, 0.15) is 6.92 Å². The van der Waals surface area contributed by atoms with Crippen LogP contribution in [0.5, 0.6) is 0 Å². The molecule has 0 spiro atoms. The molecule has 0 aromatic heterocycles. The number of hydrogen-bond acceptors (Lipinski definition) is 4. The summed E-state index contributed by atoms with van der Waals surface area (Å²) in [5.74, 6) is 0.822. The highest BCUT2D eigenvalue weighted by Gasteiger charge is 2.28. The molecule has 0 aromatic rings. The summed E-state index contributed by atoms with van der Waals surface area (Å²) in [6, 6.07) is 0. The fourth-order valence-corrected chi connectivity index (χ4v) is 1.45. The summed E-state index contributed by atoms with van der Waals surface area (Å²) in [6.45, 7) is 3.23. The van der Waals surface area contributed by atoms with Gasteiger partial charge in [0.1, 0.15) is 11.0 Å². The first-order valence-electron chi connectivity index (χ1n) is 4.18. The van der Waals surface area contributed by atoms with Gasteiger partial charge in [0.15, 0.2) is 6.23 Å². The Hall–Kier alpha value is -0.870. The number of halogens is 1. The van der Waals surface area contributed by atoms with Crippen molar-refractivity contribution < 1.29 is 4.74 Å². The van der Waals surface area contributed by atoms with E-state index in [1.807, 2.05) is 13.0 Å². The van der Waals surface area contributed by atoms with E-state index in [1.54, 1.807) is 11.1 Å². The Balaban J connectivity index is 2.14. The van der Waals surface area contributed by atoms with E-state index in [-0.39, 0.29) is 6.23 Å². The maximum atomic E-state index is 5.76. The molecular weight excluding hydrogens is 190 g/mol. The lowest BCUT2D eigenvalue weighted by Crippen LogP contribution is -2.35. The lowest BCUT2D eigenvalue weighted by atomic mass is 10.4. The van der Waals surface area contributed by atoms with Crippen molar-refractivity contribution in [1.29, 1.82) is 0 Å². The summed E-state index contributed by atoms with van der Waals surface area (Å²) in [5.41, 5.74) is 0. The molecule has 0 aliphatic carbocycles. The highest BCUT2D eigenvalue weighted by atomic mass is 35.5. The number of allylic oxidation sites excluding steroid dienone is 1. The third kappa shape index (κ3) is 1.59. The second-order valence-corrected chi connectivity index (χ2v) is 3.10. The van der Waals surface area contributed by atoms with Crippen LogP contribution in [0.3, 0.4) is 0 Å². The van der Waals surface area contributed by atoms with Crippen molar-refractivity contribution in [2.45, 2.75) is 13.2 Å². The maximum absolute atomic E-state index is 5.76. The molecule has 5 heteroatoms. The van der Waals surface area contributed by atoms with Gasteiger partial charge in [-0.1, -0.05) is 11.6 Å². The van der Waals surface area contributed by atoms with Crippen molar-refractivity contribution in [2.24, 2.45) is 10.1 Å². The predicted octanol–water partition coefficient (Wildman–Crippen LogP) is 1.19. The SMILES string of the molecule is CCOC1CN=C2C=CC(Cl)=NN21. The normalized spacial score (nSPS) is 25.7. The molecular formula is C8H10ClN3O. The van der Waals surface area contributed by atoms with Gasteiger partial charge < -0.3 is 4.74 Å². The van der Waals surface area contributed by atoms with E-state index < -0.39 is 0 Å². The number of nitrogens with zero attached hydrogens (tertiary/aromatic N) is 3. The van der Waals surface area contributed by atoms with Gasteiger partial charge in [-0.3, -0.25) is 4.99 Å². The summed E-state index contributed by atoms with van der Waals surface area (Å²) in [7, 11) is 0. The van der Waals surface area contributed by atoms with E-state index in [0.717, 1.165) is 5.84 Å². The first-order chi connectivity index (χ1) is 6.31. The molecule has 0 saturated heterocycles. The Labute approximate surface area is 81.5 Å². The first-order valence-corrected chi connectivity index (χ1v) is 4.56. The summed E-state index contributed by atoms with van der Waals surface area (Å²) in [5, 5.41) is 6.29. The average Bonchev–Trinajstić information content (AvgIpc) is 2.49. The largest absolute Gasteiger partial charge is 0.355 e. The molecule has 1 unspecified atom stereocenters. The van der Waals surface area contributed by atoms with E-state index >= 15 is 0 Å². The molecule has 4 nitrogen and oxygen atoms in total. The van der Waals surface area contributed by atoms with E-state index in [1.165, 1.54) is 0 Å². The van der Waals surface area contributed by atoms with Crippen LogP contribution in [0.2, 0.25) is 0 Å². The second-order valence-electron chi connectivity index (χ2n) is 2.71. The number of aliphatic imine (C=N–C) groups is 1. The molecule has 0 bridgehead atoms. The van der Waals surface area contributed by atoms with Gasteiger partial charge in [0.05, 0.1) is 6.54 Å². The van der Waals surface area contributed by atoms with Crippen molar-refractivity contribution in [3.05, 3.63) is 12.2 Å². The highest BCUT2D eigenvalue weighted by molar-refractivity contribution is 6.68. The van der Waals surface area contributed by atoms with Gasteiger partial charge in [-0.05, 0) is 19.1 Å². The van der Waals surface area contributed by atoms with E-state index in [4.69, 9.17) is 16.3 Å². The van der Waals surface area contributed by atoms with Crippen LogP contribution in [-0.2, 0) is 4.74 Å². The van der Waals surface area contributed by atoms with Crippen molar-refractivity contribution in [3.8, 4) is 0 Å². The monoisotopic (exact) mass is 199 g/mol. The Morgan fingerprint density at radius 3 is 3.31 bits per heavy atom. The molecule has 2 heterocycles. The molecule has 0 saturated carbocycles. The summed E-state index contributed by atoms with van der Waals surface area (Å²) in [4.78, 5) is 4.26. The van der Waals surface area contributed by atoms with Crippen molar-refractivity contribution in [1.82, 2.24) is 5.01 Å². The zero-order chi connectivity index (χ0) is 9.26. The molecule has 1 atom stereocenters. The Bertz CT molecular complexity index is 298. The topological polar surface area (TPSA) is 37.2 Å². The van der Waals surface area contributed by atoms with Gasteiger partial charge in [-0.25, -0.2) is 5.01 Å². The Morgan fingerprint density at radius 2 is 2.54 bits per heavy atom. The molecule has 13 heavy (non-hydrogen) atoms. The van der Waals surface area contributed by atoms with Gasteiger partial charge in [0.25, 0.3) is 0 Å². The van der Waals surface area contributed by atoms with E-state index in [9.17, 15) is 0 Å². The maximum Gasteiger partial charge on any atom is 0.171 e. The minimum Gasteiger partial charge on any atom is -0.355 e.